The number of fused-ring (bicyclic) bond motifs is 1. The van der Waals surface area contributed by atoms with Gasteiger partial charge in [0, 0.05) is 49.6 Å². The Labute approximate surface area is 116 Å². The standard InChI is InChI=1S/C13H17N5S/c1-18-6-3-11-10(8-18)13(17-9-16-11)15-4-2-12-14-5-7-19-12/h5,7,9H,2-4,6,8H2,1H3,(H,15,16,17). The number of hydrogen-bond acceptors (Lipinski definition) is 6. The summed E-state index contributed by atoms with van der Waals surface area (Å²) < 4.78 is 0. The second-order valence-electron chi connectivity index (χ2n) is 4.74. The number of nitrogens with one attached hydrogen (secondary N) is 1. The molecule has 0 aromatic carbocycles. The first kappa shape index (κ1) is 12.5. The molecule has 1 aliphatic heterocycles. The highest BCUT2D eigenvalue weighted by atomic mass is 32.1. The van der Waals surface area contributed by atoms with Gasteiger partial charge in [-0.1, -0.05) is 0 Å². The summed E-state index contributed by atoms with van der Waals surface area (Å²) in [4.78, 5) is 15.4. The Hall–Kier alpha value is -1.53. The summed E-state index contributed by atoms with van der Waals surface area (Å²) in [5.74, 6) is 0.980. The highest BCUT2D eigenvalue weighted by Gasteiger charge is 2.18. The highest BCUT2D eigenvalue weighted by molar-refractivity contribution is 7.09. The summed E-state index contributed by atoms with van der Waals surface area (Å²) in [6.07, 6.45) is 5.46. The minimum Gasteiger partial charge on any atom is -0.369 e. The lowest BCUT2D eigenvalue weighted by molar-refractivity contribution is 0.310. The van der Waals surface area contributed by atoms with Gasteiger partial charge in [-0.05, 0) is 7.05 Å². The molecular weight excluding hydrogens is 258 g/mol. The zero-order valence-corrected chi connectivity index (χ0v) is 11.8. The van der Waals surface area contributed by atoms with Crippen LogP contribution in [0.1, 0.15) is 16.3 Å². The fraction of sp³-hybridized carbons (Fsp3) is 0.462. The third-order valence-electron chi connectivity index (χ3n) is 3.31. The van der Waals surface area contributed by atoms with E-state index in [9.17, 15) is 0 Å². The Morgan fingerprint density at radius 1 is 1.37 bits per heavy atom. The van der Waals surface area contributed by atoms with Crippen LogP contribution in [0.5, 0.6) is 0 Å². The predicted octanol–water partition coefficient (Wildman–Crippen LogP) is 1.58. The third-order valence-corrected chi connectivity index (χ3v) is 4.15. The minimum atomic E-state index is 0.862. The van der Waals surface area contributed by atoms with Crippen LogP contribution in [0.25, 0.3) is 0 Å². The van der Waals surface area contributed by atoms with Crippen LogP contribution in [-0.4, -0.2) is 40.0 Å². The minimum absolute atomic E-state index is 0.862. The average molecular weight is 275 g/mol. The third kappa shape index (κ3) is 2.90. The monoisotopic (exact) mass is 275 g/mol. The van der Waals surface area contributed by atoms with E-state index in [-0.39, 0.29) is 0 Å². The van der Waals surface area contributed by atoms with Crippen molar-refractivity contribution in [3.05, 3.63) is 34.2 Å². The number of anilines is 1. The van der Waals surface area contributed by atoms with Gasteiger partial charge in [0.2, 0.25) is 0 Å². The van der Waals surface area contributed by atoms with Gasteiger partial charge in [0.05, 0.1) is 10.7 Å². The predicted molar refractivity (Wildman–Crippen MR) is 76.4 cm³/mol. The van der Waals surface area contributed by atoms with Crippen LogP contribution in [0.4, 0.5) is 5.82 Å². The topological polar surface area (TPSA) is 53.9 Å². The van der Waals surface area contributed by atoms with Gasteiger partial charge >= 0.3 is 0 Å². The smallest absolute Gasteiger partial charge is 0.134 e. The SMILES string of the molecule is CN1CCc2ncnc(NCCc3nccs3)c2C1. The van der Waals surface area contributed by atoms with Gasteiger partial charge in [0.25, 0.3) is 0 Å². The summed E-state index contributed by atoms with van der Waals surface area (Å²) in [6, 6.07) is 0. The maximum absolute atomic E-state index is 4.38. The zero-order chi connectivity index (χ0) is 13.1. The van der Waals surface area contributed by atoms with Crippen molar-refractivity contribution in [2.24, 2.45) is 0 Å². The normalized spacial score (nSPS) is 15.2. The lowest BCUT2D eigenvalue weighted by Gasteiger charge is -2.25. The van der Waals surface area contributed by atoms with E-state index >= 15 is 0 Å². The van der Waals surface area contributed by atoms with E-state index < -0.39 is 0 Å². The van der Waals surface area contributed by atoms with Crippen LogP contribution < -0.4 is 5.32 Å². The molecule has 0 aliphatic carbocycles. The van der Waals surface area contributed by atoms with Gasteiger partial charge in [-0.25, -0.2) is 15.0 Å². The lowest BCUT2D eigenvalue weighted by atomic mass is 10.1. The molecule has 1 aliphatic rings. The highest BCUT2D eigenvalue weighted by Crippen LogP contribution is 2.21. The molecular formula is C13H17N5S. The van der Waals surface area contributed by atoms with E-state index in [1.54, 1.807) is 17.7 Å². The summed E-state index contributed by atoms with van der Waals surface area (Å²) in [5.41, 5.74) is 2.43. The molecule has 19 heavy (non-hydrogen) atoms. The van der Waals surface area contributed by atoms with E-state index in [2.05, 4.69) is 32.2 Å². The first-order valence-electron chi connectivity index (χ1n) is 6.46. The molecule has 0 unspecified atom stereocenters. The molecule has 2 aromatic rings. The summed E-state index contributed by atoms with van der Waals surface area (Å²) >= 11 is 1.70. The molecule has 3 rings (SSSR count). The van der Waals surface area contributed by atoms with Crippen molar-refractivity contribution in [1.82, 2.24) is 19.9 Å². The van der Waals surface area contributed by atoms with Gasteiger partial charge in [-0.2, -0.15) is 0 Å². The van der Waals surface area contributed by atoms with Crippen LogP contribution >= 0.6 is 11.3 Å². The number of nitrogens with zero attached hydrogens (tertiary/aromatic N) is 4. The fourth-order valence-corrected chi connectivity index (χ4v) is 2.91. The second-order valence-corrected chi connectivity index (χ2v) is 5.72. The first-order chi connectivity index (χ1) is 9.33. The number of likely N-dealkylation sites (N-methyl/N-ethyl adjacent to an activating group) is 1. The van der Waals surface area contributed by atoms with Gasteiger partial charge in [-0.3, -0.25) is 0 Å². The number of hydrogen-bond donors (Lipinski definition) is 1. The zero-order valence-electron chi connectivity index (χ0n) is 11.0. The molecule has 6 heteroatoms. The van der Waals surface area contributed by atoms with Crippen LogP contribution in [0.3, 0.4) is 0 Å². The Kier molecular flexibility index (Phi) is 3.70. The van der Waals surface area contributed by atoms with E-state index in [1.165, 1.54) is 11.3 Å². The Morgan fingerprint density at radius 3 is 3.16 bits per heavy atom. The van der Waals surface area contributed by atoms with Crippen LogP contribution in [0.2, 0.25) is 0 Å². The molecule has 0 saturated carbocycles. The van der Waals surface area contributed by atoms with E-state index in [1.807, 2.05) is 11.6 Å². The van der Waals surface area contributed by atoms with Crippen molar-refractivity contribution in [2.75, 3.05) is 25.5 Å². The number of rotatable bonds is 4. The Morgan fingerprint density at radius 2 is 2.32 bits per heavy atom. The molecule has 0 radical (unpaired) electrons. The van der Waals surface area contributed by atoms with E-state index in [4.69, 9.17) is 0 Å². The van der Waals surface area contributed by atoms with Crippen molar-refractivity contribution in [3.8, 4) is 0 Å². The van der Waals surface area contributed by atoms with Gasteiger partial charge in [-0.15, -0.1) is 11.3 Å². The average Bonchev–Trinajstić information content (AvgIpc) is 2.92. The van der Waals surface area contributed by atoms with E-state index in [0.29, 0.717) is 0 Å². The first-order valence-corrected chi connectivity index (χ1v) is 7.34. The Bertz CT molecular complexity index is 540. The van der Waals surface area contributed by atoms with E-state index in [0.717, 1.165) is 43.3 Å². The van der Waals surface area contributed by atoms with Crippen LogP contribution in [-0.2, 0) is 19.4 Å². The fourth-order valence-electron chi connectivity index (χ4n) is 2.29. The number of aromatic nitrogens is 3. The molecule has 5 nitrogen and oxygen atoms in total. The molecule has 0 atom stereocenters. The molecule has 1 N–H and O–H groups in total. The maximum atomic E-state index is 4.38. The van der Waals surface area contributed by atoms with Crippen LogP contribution in [0.15, 0.2) is 17.9 Å². The van der Waals surface area contributed by atoms with Crippen molar-refractivity contribution in [2.45, 2.75) is 19.4 Å². The molecule has 100 valence electrons. The van der Waals surface area contributed by atoms with Gasteiger partial charge < -0.3 is 10.2 Å². The molecule has 0 spiro atoms. The summed E-state index contributed by atoms with van der Waals surface area (Å²) in [7, 11) is 2.13. The molecule has 0 saturated heterocycles. The van der Waals surface area contributed by atoms with Crippen molar-refractivity contribution >= 4 is 17.2 Å². The van der Waals surface area contributed by atoms with Gasteiger partial charge in [0.15, 0.2) is 0 Å². The lowest BCUT2D eigenvalue weighted by Crippen LogP contribution is -2.28. The summed E-state index contributed by atoms with van der Waals surface area (Å²) in [6.45, 7) is 2.86. The maximum Gasteiger partial charge on any atom is 0.134 e. The van der Waals surface area contributed by atoms with Crippen LogP contribution in [0, 0.1) is 0 Å². The molecule has 2 aromatic heterocycles. The second kappa shape index (κ2) is 5.63. The van der Waals surface area contributed by atoms with Crippen molar-refractivity contribution in [1.29, 1.82) is 0 Å². The molecule has 0 fully saturated rings. The summed E-state index contributed by atoms with van der Waals surface area (Å²) in [5, 5.41) is 6.59. The molecule has 0 amide bonds. The Balaban J connectivity index is 1.67. The quantitative estimate of drug-likeness (QED) is 0.918. The van der Waals surface area contributed by atoms with Gasteiger partial charge in [0.1, 0.15) is 12.1 Å². The largest absolute Gasteiger partial charge is 0.369 e. The molecule has 0 bridgehead atoms. The number of thiazole rings is 1. The van der Waals surface area contributed by atoms with Crippen molar-refractivity contribution in [3.63, 3.8) is 0 Å². The molecule has 3 heterocycles. The van der Waals surface area contributed by atoms with Crippen molar-refractivity contribution < 1.29 is 0 Å².